The zero-order valence-corrected chi connectivity index (χ0v) is 8.90. The van der Waals surface area contributed by atoms with Crippen molar-refractivity contribution in [3.05, 3.63) is 29.8 Å². The summed E-state index contributed by atoms with van der Waals surface area (Å²) in [5.41, 5.74) is 1.18. The van der Waals surface area contributed by atoms with E-state index in [0.29, 0.717) is 11.3 Å². The molecule has 1 atom stereocenters. The van der Waals surface area contributed by atoms with Crippen LogP contribution in [0.15, 0.2) is 24.3 Å². The Morgan fingerprint density at radius 1 is 1.38 bits per heavy atom. The second kappa shape index (κ2) is 5.53. The van der Waals surface area contributed by atoms with E-state index in [1.165, 1.54) is 0 Å². The van der Waals surface area contributed by atoms with E-state index < -0.39 is 0 Å². The number of amides is 1. The fourth-order valence-electron chi connectivity index (χ4n) is 1.12. The largest absolute Gasteiger partial charge is 0.326 e. The lowest BCUT2D eigenvalue weighted by atomic mass is 10.1. The van der Waals surface area contributed by atoms with Crippen molar-refractivity contribution in [3.63, 3.8) is 0 Å². The minimum atomic E-state index is -0.333. The molecule has 0 aromatic heterocycles. The van der Waals surface area contributed by atoms with Gasteiger partial charge in [-0.25, -0.2) is 0 Å². The third-order valence-corrected chi connectivity index (χ3v) is 2.13. The van der Waals surface area contributed by atoms with Gasteiger partial charge in [-0.05, 0) is 24.3 Å². The Kier molecular flexibility index (Phi) is 4.06. The van der Waals surface area contributed by atoms with E-state index in [9.17, 15) is 4.79 Å². The van der Waals surface area contributed by atoms with Gasteiger partial charge in [0.2, 0.25) is 5.91 Å². The summed E-state index contributed by atoms with van der Waals surface area (Å²) in [7, 11) is 0. The number of benzene rings is 1. The minimum Gasteiger partial charge on any atom is -0.326 e. The summed E-state index contributed by atoms with van der Waals surface area (Å²) in [4.78, 5) is 11.5. The summed E-state index contributed by atoms with van der Waals surface area (Å²) in [6.45, 7) is 1.70. The molecule has 0 aliphatic rings. The normalized spacial score (nSPS) is 10.9. The quantitative estimate of drug-likeness (QED) is 0.834. The molecule has 4 heteroatoms. The van der Waals surface area contributed by atoms with Crippen LogP contribution in [0.3, 0.4) is 0 Å². The lowest BCUT2D eigenvalue weighted by Gasteiger charge is -2.08. The number of hydrogen-bond acceptors (Lipinski definition) is 3. The van der Waals surface area contributed by atoms with Gasteiger partial charge >= 0.3 is 0 Å². The van der Waals surface area contributed by atoms with E-state index in [-0.39, 0.29) is 18.2 Å². The lowest BCUT2D eigenvalue weighted by molar-refractivity contribution is -0.119. The maximum Gasteiger partial charge on any atom is 0.228 e. The Morgan fingerprint density at radius 3 is 2.50 bits per heavy atom. The molecular formula is C12H11N3O. The highest BCUT2D eigenvalue weighted by Crippen LogP contribution is 2.11. The Balaban J connectivity index is 2.64. The van der Waals surface area contributed by atoms with Gasteiger partial charge in [0.05, 0.1) is 17.7 Å². The van der Waals surface area contributed by atoms with Crippen LogP contribution in [-0.2, 0) is 4.79 Å². The molecule has 0 fully saturated rings. The predicted molar refractivity (Wildman–Crippen MR) is 59.2 cm³/mol. The molecule has 0 bridgehead atoms. The molecule has 0 aliphatic heterocycles. The van der Waals surface area contributed by atoms with Crippen molar-refractivity contribution in [2.75, 3.05) is 5.32 Å². The SMILES string of the molecule is CC(CC#N)C(=O)Nc1ccc(C#N)cc1. The first-order valence-electron chi connectivity index (χ1n) is 4.85. The van der Waals surface area contributed by atoms with E-state index in [1.807, 2.05) is 12.1 Å². The number of nitriles is 2. The number of carbonyl (C=O) groups is 1. The highest BCUT2D eigenvalue weighted by atomic mass is 16.1. The number of nitrogens with zero attached hydrogens (tertiary/aromatic N) is 2. The number of anilines is 1. The maximum absolute atomic E-state index is 11.5. The summed E-state index contributed by atoms with van der Waals surface area (Å²) >= 11 is 0. The third-order valence-electron chi connectivity index (χ3n) is 2.13. The Hall–Kier alpha value is -2.33. The Labute approximate surface area is 94.1 Å². The monoisotopic (exact) mass is 213 g/mol. The van der Waals surface area contributed by atoms with Crippen molar-refractivity contribution >= 4 is 11.6 Å². The van der Waals surface area contributed by atoms with Crippen molar-refractivity contribution < 1.29 is 4.79 Å². The van der Waals surface area contributed by atoms with Crippen LogP contribution in [0, 0.1) is 28.6 Å². The van der Waals surface area contributed by atoms with E-state index >= 15 is 0 Å². The summed E-state index contributed by atoms with van der Waals surface area (Å²) in [6.07, 6.45) is 0.197. The van der Waals surface area contributed by atoms with Gasteiger partial charge in [-0.1, -0.05) is 6.92 Å². The fourth-order valence-corrected chi connectivity index (χ4v) is 1.12. The van der Waals surface area contributed by atoms with Gasteiger partial charge in [0.1, 0.15) is 0 Å². The van der Waals surface area contributed by atoms with Crippen LogP contribution in [0.5, 0.6) is 0 Å². The molecule has 0 saturated heterocycles. The number of nitrogens with one attached hydrogen (secondary N) is 1. The molecule has 0 heterocycles. The first-order chi connectivity index (χ1) is 7.67. The molecule has 1 unspecified atom stereocenters. The van der Waals surface area contributed by atoms with Crippen molar-refractivity contribution in [3.8, 4) is 12.1 Å². The molecule has 1 N–H and O–H groups in total. The topological polar surface area (TPSA) is 76.7 Å². The van der Waals surface area contributed by atoms with E-state index in [2.05, 4.69) is 5.32 Å². The first-order valence-corrected chi connectivity index (χ1v) is 4.85. The number of carbonyl (C=O) groups excluding carboxylic acids is 1. The zero-order chi connectivity index (χ0) is 12.0. The van der Waals surface area contributed by atoms with E-state index in [1.54, 1.807) is 31.2 Å². The summed E-state index contributed by atoms with van der Waals surface area (Å²) < 4.78 is 0. The van der Waals surface area contributed by atoms with Crippen molar-refractivity contribution in [1.29, 1.82) is 10.5 Å². The van der Waals surface area contributed by atoms with Crippen LogP contribution in [-0.4, -0.2) is 5.91 Å². The van der Waals surface area contributed by atoms with Crippen LogP contribution in [0.2, 0.25) is 0 Å². The van der Waals surface area contributed by atoms with Crippen LogP contribution >= 0.6 is 0 Å². The van der Waals surface area contributed by atoms with Gasteiger partial charge in [-0.15, -0.1) is 0 Å². The van der Waals surface area contributed by atoms with Crippen LogP contribution < -0.4 is 5.32 Å². The van der Waals surface area contributed by atoms with Gasteiger partial charge in [0.15, 0.2) is 0 Å². The average Bonchev–Trinajstić information content (AvgIpc) is 2.30. The maximum atomic E-state index is 11.5. The Morgan fingerprint density at radius 2 is 2.00 bits per heavy atom. The van der Waals surface area contributed by atoms with Gasteiger partial charge in [-0.3, -0.25) is 4.79 Å². The molecule has 0 aliphatic carbocycles. The lowest BCUT2D eigenvalue weighted by Crippen LogP contribution is -2.19. The molecule has 1 rings (SSSR count). The summed E-state index contributed by atoms with van der Waals surface area (Å²) in [6, 6.07) is 10.5. The van der Waals surface area contributed by atoms with Crippen molar-refractivity contribution in [2.24, 2.45) is 5.92 Å². The molecular weight excluding hydrogens is 202 g/mol. The summed E-state index contributed by atoms with van der Waals surface area (Å²) in [5.74, 6) is -0.521. The van der Waals surface area contributed by atoms with Crippen molar-refractivity contribution in [2.45, 2.75) is 13.3 Å². The molecule has 1 aromatic rings. The first kappa shape index (κ1) is 11.7. The molecule has 0 saturated carbocycles. The molecule has 4 nitrogen and oxygen atoms in total. The van der Waals surface area contributed by atoms with Gasteiger partial charge in [0.25, 0.3) is 0 Å². The molecule has 0 radical (unpaired) electrons. The molecule has 16 heavy (non-hydrogen) atoms. The Bertz CT molecular complexity index is 451. The predicted octanol–water partition coefficient (Wildman–Crippen LogP) is 2.05. The van der Waals surface area contributed by atoms with E-state index in [4.69, 9.17) is 10.5 Å². The van der Waals surface area contributed by atoms with Gasteiger partial charge in [-0.2, -0.15) is 10.5 Å². The number of hydrogen-bond donors (Lipinski definition) is 1. The smallest absolute Gasteiger partial charge is 0.228 e. The van der Waals surface area contributed by atoms with Crippen molar-refractivity contribution in [1.82, 2.24) is 0 Å². The zero-order valence-electron chi connectivity index (χ0n) is 8.90. The van der Waals surface area contributed by atoms with Gasteiger partial charge in [0, 0.05) is 18.0 Å². The molecule has 80 valence electrons. The van der Waals surface area contributed by atoms with Crippen LogP contribution in [0.25, 0.3) is 0 Å². The second-order valence-corrected chi connectivity index (χ2v) is 3.44. The van der Waals surface area contributed by atoms with Crippen LogP contribution in [0.4, 0.5) is 5.69 Å². The summed E-state index contributed by atoms with van der Waals surface area (Å²) in [5, 5.41) is 19.7. The molecule has 1 aromatic carbocycles. The average molecular weight is 213 g/mol. The van der Waals surface area contributed by atoms with E-state index in [0.717, 1.165) is 0 Å². The highest BCUT2D eigenvalue weighted by molar-refractivity contribution is 5.92. The standard InChI is InChI=1S/C12H11N3O/c1-9(6-7-13)12(16)15-11-4-2-10(8-14)3-5-11/h2-5,9H,6H2,1H3,(H,15,16). The number of rotatable bonds is 3. The molecule has 0 spiro atoms. The highest BCUT2D eigenvalue weighted by Gasteiger charge is 2.11. The van der Waals surface area contributed by atoms with Gasteiger partial charge < -0.3 is 5.32 Å². The fraction of sp³-hybridized carbons (Fsp3) is 0.250. The third kappa shape index (κ3) is 3.11. The second-order valence-electron chi connectivity index (χ2n) is 3.44. The van der Waals surface area contributed by atoms with Crippen LogP contribution in [0.1, 0.15) is 18.9 Å². The molecule has 1 amide bonds. The minimum absolute atomic E-state index is 0.189.